The summed E-state index contributed by atoms with van der Waals surface area (Å²) in [5.41, 5.74) is 2.61. The highest BCUT2D eigenvalue weighted by Crippen LogP contribution is 2.33. The van der Waals surface area contributed by atoms with Crippen molar-refractivity contribution in [3.8, 4) is 5.75 Å². The second kappa shape index (κ2) is 8.86. The van der Waals surface area contributed by atoms with E-state index in [0.29, 0.717) is 24.6 Å². The molecule has 0 saturated carbocycles. The maximum atomic E-state index is 13.0. The number of ether oxygens (including phenoxy) is 1. The molecule has 0 bridgehead atoms. The zero-order valence-corrected chi connectivity index (χ0v) is 19.9. The molecule has 31 heavy (non-hydrogen) atoms. The van der Waals surface area contributed by atoms with Crippen LogP contribution >= 0.6 is 15.9 Å². The van der Waals surface area contributed by atoms with Crippen LogP contribution in [0.3, 0.4) is 0 Å². The summed E-state index contributed by atoms with van der Waals surface area (Å²) in [5, 5.41) is 4.04. The number of halogens is 1. The second-order valence-corrected chi connectivity index (χ2v) is 8.93. The van der Waals surface area contributed by atoms with E-state index in [-0.39, 0.29) is 11.8 Å². The van der Waals surface area contributed by atoms with Crippen LogP contribution < -0.4 is 15.0 Å². The highest BCUT2D eigenvalue weighted by Gasteiger charge is 2.29. The van der Waals surface area contributed by atoms with Crippen LogP contribution in [0.2, 0.25) is 0 Å². The highest BCUT2D eigenvalue weighted by molar-refractivity contribution is 9.10. The van der Waals surface area contributed by atoms with Crippen molar-refractivity contribution in [3.63, 3.8) is 0 Å². The third-order valence-electron chi connectivity index (χ3n) is 5.91. The van der Waals surface area contributed by atoms with Crippen molar-refractivity contribution in [2.45, 2.75) is 40.2 Å². The number of methoxy groups -OCH3 is 1. The van der Waals surface area contributed by atoms with Crippen molar-refractivity contribution in [1.82, 2.24) is 15.3 Å². The second-order valence-electron chi connectivity index (χ2n) is 8.02. The summed E-state index contributed by atoms with van der Waals surface area (Å²) in [6.45, 7) is 7.75. The Balaban J connectivity index is 1.51. The molecule has 3 heterocycles. The van der Waals surface area contributed by atoms with Crippen molar-refractivity contribution in [2.75, 3.05) is 25.1 Å². The molecule has 1 atom stereocenters. The van der Waals surface area contributed by atoms with Crippen LogP contribution in [0.5, 0.6) is 5.75 Å². The van der Waals surface area contributed by atoms with Crippen molar-refractivity contribution in [3.05, 3.63) is 45.4 Å². The predicted octanol–water partition coefficient (Wildman–Crippen LogP) is 4.45. The summed E-state index contributed by atoms with van der Waals surface area (Å²) in [6.07, 6.45) is 1.78. The number of aryl methyl sites for hydroxylation is 3. The number of hydrogen-bond donors (Lipinski definition) is 1. The van der Waals surface area contributed by atoms with E-state index >= 15 is 0 Å². The molecule has 1 aliphatic rings. The Morgan fingerprint density at radius 3 is 2.90 bits per heavy atom. The van der Waals surface area contributed by atoms with E-state index in [1.54, 1.807) is 7.11 Å². The van der Waals surface area contributed by atoms with Gasteiger partial charge < -0.3 is 19.4 Å². The van der Waals surface area contributed by atoms with Gasteiger partial charge in [0.1, 0.15) is 23.2 Å². The zero-order chi connectivity index (χ0) is 22.1. The van der Waals surface area contributed by atoms with Gasteiger partial charge in [0.15, 0.2) is 0 Å². The fraction of sp³-hybridized carbons (Fsp3) is 0.435. The summed E-state index contributed by atoms with van der Waals surface area (Å²) >= 11 is 3.48. The van der Waals surface area contributed by atoms with E-state index in [1.165, 1.54) is 0 Å². The van der Waals surface area contributed by atoms with Gasteiger partial charge in [-0.05, 0) is 51.8 Å². The van der Waals surface area contributed by atoms with Gasteiger partial charge in [0, 0.05) is 35.2 Å². The van der Waals surface area contributed by atoms with Gasteiger partial charge in [-0.3, -0.25) is 4.79 Å². The van der Waals surface area contributed by atoms with Gasteiger partial charge in [0.25, 0.3) is 0 Å². The normalized spacial score (nSPS) is 16.5. The van der Waals surface area contributed by atoms with E-state index in [4.69, 9.17) is 14.1 Å². The number of carbonyl (C=O) groups is 1. The van der Waals surface area contributed by atoms with Crippen molar-refractivity contribution < 1.29 is 13.9 Å². The number of nitrogens with one attached hydrogen (secondary N) is 1. The number of benzene rings is 1. The first-order valence-electron chi connectivity index (χ1n) is 10.5. The monoisotopic (exact) mass is 486 g/mol. The van der Waals surface area contributed by atoms with E-state index in [0.717, 1.165) is 57.7 Å². The van der Waals surface area contributed by atoms with Crippen LogP contribution in [0.25, 0.3) is 11.1 Å². The molecule has 0 aliphatic carbocycles. The molecule has 7 nitrogen and oxygen atoms in total. The molecule has 1 aliphatic heterocycles. The summed E-state index contributed by atoms with van der Waals surface area (Å²) in [6, 6.07) is 5.79. The summed E-state index contributed by atoms with van der Waals surface area (Å²) in [5.74, 6) is 3.09. The Kier molecular flexibility index (Phi) is 6.18. The number of hydrogen-bond acceptors (Lipinski definition) is 6. The Bertz CT molecular complexity index is 1130. The first-order valence-corrected chi connectivity index (χ1v) is 11.3. The van der Waals surface area contributed by atoms with Crippen molar-refractivity contribution in [1.29, 1.82) is 0 Å². The number of piperidine rings is 1. The van der Waals surface area contributed by atoms with Crippen LogP contribution in [0, 0.1) is 26.7 Å². The van der Waals surface area contributed by atoms with Crippen LogP contribution in [0.1, 0.15) is 35.6 Å². The third kappa shape index (κ3) is 4.39. The molecule has 1 N–H and O–H groups in total. The summed E-state index contributed by atoms with van der Waals surface area (Å²) < 4.78 is 12.2. The topological polar surface area (TPSA) is 80.5 Å². The van der Waals surface area contributed by atoms with Gasteiger partial charge in [0.05, 0.1) is 18.4 Å². The largest absolute Gasteiger partial charge is 0.496 e. The fourth-order valence-electron chi connectivity index (χ4n) is 4.16. The van der Waals surface area contributed by atoms with E-state index in [2.05, 4.69) is 31.1 Å². The Morgan fingerprint density at radius 1 is 1.32 bits per heavy atom. The first kappa shape index (κ1) is 21.6. The molecule has 1 fully saturated rings. The lowest BCUT2D eigenvalue weighted by atomic mass is 9.96. The minimum atomic E-state index is -0.106. The maximum absolute atomic E-state index is 13.0. The lowest BCUT2D eigenvalue weighted by molar-refractivity contribution is -0.125. The number of anilines is 1. The zero-order valence-electron chi connectivity index (χ0n) is 18.3. The molecule has 3 aromatic rings. The number of amides is 1. The quantitative estimate of drug-likeness (QED) is 0.573. The molecule has 2 aromatic heterocycles. The average Bonchev–Trinajstić information content (AvgIpc) is 3.04. The van der Waals surface area contributed by atoms with E-state index in [1.807, 2.05) is 39.0 Å². The molecular formula is C23H27BrN4O3. The number of carbonyl (C=O) groups excluding carboxylic acids is 1. The molecule has 8 heteroatoms. The highest BCUT2D eigenvalue weighted by atomic mass is 79.9. The maximum Gasteiger partial charge on any atom is 0.231 e. The minimum absolute atomic E-state index is 0.0499. The van der Waals surface area contributed by atoms with Crippen LogP contribution in [0.4, 0.5) is 5.82 Å². The fourth-order valence-corrected chi connectivity index (χ4v) is 4.57. The summed E-state index contributed by atoms with van der Waals surface area (Å²) in [4.78, 5) is 24.4. The van der Waals surface area contributed by atoms with Crippen molar-refractivity contribution >= 4 is 38.8 Å². The van der Waals surface area contributed by atoms with Gasteiger partial charge in [0.2, 0.25) is 11.6 Å². The van der Waals surface area contributed by atoms with Gasteiger partial charge in [-0.15, -0.1) is 0 Å². The van der Waals surface area contributed by atoms with Crippen LogP contribution in [-0.4, -0.2) is 36.1 Å². The predicted molar refractivity (Wildman–Crippen MR) is 123 cm³/mol. The molecule has 0 unspecified atom stereocenters. The smallest absolute Gasteiger partial charge is 0.231 e. The summed E-state index contributed by atoms with van der Waals surface area (Å²) in [7, 11) is 1.64. The number of aromatic nitrogens is 2. The lowest BCUT2D eigenvalue weighted by Crippen LogP contribution is -2.43. The molecular weight excluding hydrogens is 460 g/mol. The molecule has 164 valence electrons. The average molecular weight is 487 g/mol. The van der Waals surface area contributed by atoms with Gasteiger partial charge >= 0.3 is 0 Å². The number of rotatable bonds is 5. The molecule has 1 aromatic carbocycles. The minimum Gasteiger partial charge on any atom is -0.496 e. The standard InChI is InChI=1S/C23H27BrN4O3/c1-13-14(2)31-23-20(13)21(26-15(3)27-23)28-9-5-6-16(12-28)22(29)25-11-17-10-18(24)7-8-19(17)30-4/h7-8,10,16H,5-6,9,11-12H2,1-4H3,(H,25,29)/t16-/m0/s1. The third-order valence-corrected chi connectivity index (χ3v) is 6.40. The number of furan rings is 1. The molecule has 0 radical (unpaired) electrons. The molecule has 1 saturated heterocycles. The van der Waals surface area contributed by atoms with Crippen LogP contribution in [0.15, 0.2) is 27.1 Å². The van der Waals surface area contributed by atoms with E-state index < -0.39 is 0 Å². The van der Waals surface area contributed by atoms with Gasteiger partial charge in [-0.2, -0.15) is 4.98 Å². The number of fused-ring (bicyclic) bond motifs is 1. The first-order chi connectivity index (χ1) is 14.9. The van der Waals surface area contributed by atoms with Gasteiger partial charge in [-0.25, -0.2) is 4.98 Å². The Morgan fingerprint density at radius 2 is 2.13 bits per heavy atom. The molecule has 0 spiro atoms. The number of nitrogens with zero attached hydrogens (tertiary/aromatic N) is 3. The molecule has 4 rings (SSSR count). The Hall–Kier alpha value is -2.61. The van der Waals surface area contributed by atoms with Gasteiger partial charge in [-0.1, -0.05) is 15.9 Å². The van der Waals surface area contributed by atoms with Crippen molar-refractivity contribution in [2.24, 2.45) is 5.92 Å². The van der Waals surface area contributed by atoms with E-state index in [9.17, 15) is 4.79 Å². The molecule has 1 amide bonds. The lowest BCUT2D eigenvalue weighted by Gasteiger charge is -2.33. The SMILES string of the molecule is COc1ccc(Br)cc1CNC(=O)[C@H]1CCCN(c2nc(C)nc3oc(C)c(C)c23)C1. The van der Waals surface area contributed by atoms with Crippen LogP contribution in [-0.2, 0) is 11.3 Å². The Labute approximate surface area is 190 Å².